The first-order chi connectivity index (χ1) is 9.26. The second-order valence-electron chi connectivity index (χ2n) is 6.25. The molecule has 0 aromatic carbocycles. The van der Waals surface area contributed by atoms with E-state index in [1.807, 2.05) is 17.9 Å². The first-order valence-electron chi connectivity index (χ1n) is 7.71. The zero-order valence-electron chi connectivity index (χ0n) is 12.2. The Morgan fingerprint density at radius 1 is 1.42 bits per heavy atom. The molecule has 0 bridgehead atoms. The van der Waals surface area contributed by atoms with Crippen molar-refractivity contribution in [2.75, 3.05) is 13.1 Å². The molecule has 4 nitrogen and oxygen atoms in total. The van der Waals surface area contributed by atoms with Crippen molar-refractivity contribution in [1.29, 1.82) is 0 Å². The van der Waals surface area contributed by atoms with Crippen LogP contribution < -0.4 is 5.32 Å². The lowest BCUT2D eigenvalue weighted by Crippen LogP contribution is -2.56. The molecule has 2 aliphatic rings. The van der Waals surface area contributed by atoms with Crippen molar-refractivity contribution >= 4 is 0 Å². The standard InChI is InChI=1S/C15H26N4/c1-3-4-14-11-19(10-12-7-17-18(2)9-12)15(8-16-14)13-5-6-13/h7,9,13-16H,3-6,8,10-11H2,1-2H3. The highest BCUT2D eigenvalue weighted by atomic mass is 15.3. The quantitative estimate of drug-likeness (QED) is 0.878. The number of rotatable bonds is 5. The molecule has 0 spiro atoms. The van der Waals surface area contributed by atoms with Gasteiger partial charge in [0.1, 0.15) is 0 Å². The predicted octanol–water partition coefficient (Wildman–Crippen LogP) is 1.77. The maximum atomic E-state index is 4.30. The van der Waals surface area contributed by atoms with Crippen molar-refractivity contribution in [3.63, 3.8) is 0 Å². The van der Waals surface area contributed by atoms with Crippen LogP contribution in [-0.2, 0) is 13.6 Å². The molecule has 19 heavy (non-hydrogen) atoms. The van der Waals surface area contributed by atoms with Crippen molar-refractivity contribution in [2.24, 2.45) is 13.0 Å². The van der Waals surface area contributed by atoms with E-state index in [1.165, 1.54) is 44.3 Å². The lowest BCUT2D eigenvalue weighted by atomic mass is 10.0. The van der Waals surface area contributed by atoms with E-state index in [2.05, 4.69) is 28.4 Å². The first kappa shape index (κ1) is 13.1. The largest absolute Gasteiger partial charge is 0.311 e. The predicted molar refractivity (Wildman–Crippen MR) is 76.8 cm³/mol. The molecule has 2 fully saturated rings. The van der Waals surface area contributed by atoms with Crippen LogP contribution in [-0.4, -0.2) is 39.9 Å². The highest BCUT2D eigenvalue weighted by Gasteiger charge is 2.38. The summed E-state index contributed by atoms with van der Waals surface area (Å²) in [6, 6.07) is 1.42. The second kappa shape index (κ2) is 5.63. The third kappa shape index (κ3) is 3.18. The van der Waals surface area contributed by atoms with Crippen molar-refractivity contribution in [2.45, 2.75) is 51.2 Å². The summed E-state index contributed by atoms with van der Waals surface area (Å²) in [4.78, 5) is 2.70. The Kier molecular flexibility index (Phi) is 3.89. The lowest BCUT2D eigenvalue weighted by molar-refractivity contribution is 0.104. The van der Waals surface area contributed by atoms with Gasteiger partial charge in [0, 0.05) is 50.5 Å². The van der Waals surface area contributed by atoms with Gasteiger partial charge in [0.2, 0.25) is 0 Å². The first-order valence-corrected chi connectivity index (χ1v) is 7.71. The minimum atomic E-state index is 0.677. The third-order valence-electron chi connectivity index (χ3n) is 4.49. The molecule has 1 N–H and O–H groups in total. The Labute approximate surface area is 116 Å². The van der Waals surface area contributed by atoms with E-state index >= 15 is 0 Å². The Morgan fingerprint density at radius 2 is 2.26 bits per heavy atom. The Balaban J connectivity index is 1.66. The monoisotopic (exact) mass is 262 g/mol. The van der Waals surface area contributed by atoms with E-state index in [0.717, 1.165) is 18.5 Å². The molecule has 1 saturated carbocycles. The second-order valence-corrected chi connectivity index (χ2v) is 6.25. The van der Waals surface area contributed by atoms with E-state index in [9.17, 15) is 0 Å². The van der Waals surface area contributed by atoms with Crippen LogP contribution in [0.5, 0.6) is 0 Å². The van der Waals surface area contributed by atoms with Crippen molar-refractivity contribution in [1.82, 2.24) is 20.0 Å². The fourth-order valence-corrected chi connectivity index (χ4v) is 3.36. The number of nitrogens with zero attached hydrogens (tertiary/aromatic N) is 3. The average Bonchev–Trinajstić information content (AvgIpc) is 3.14. The SMILES string of the molecule is CCCC1CN(Cc2cnn(C)c2)C(C2CC2)CN1. The van der Waals surface area contributed by atoms with Crippen LogP contribution in [0.4, 0.5) is 0 Å². The van der Waals surface area contributed by atoms with Gasteiger partial charge >= 0.3 is 0 Å². The molecule has 3 rings (SSSR count). The fourth-order valence-electron chi connectivity index (χ4n) is 3.36. The number of aryl methyl sites for hydroxylation is 1. The minimum Gasteiger partial charge on any atom is -0.311 e. The summed E-state index contributed by atoms with van der Waals surface area (Å²) in [5.74, 6) is 0.937. The van der Waals surface area contributed by atoms with Crippen molar-refractivity contribution in [3.05, 3.63) is 18.0 Å². The lowest BCUT2D eigenvalue weighted by Gasteiger charge is -2.40. The van der Waals surface area contributed by atoms with Gasteiger partial charge < -0.3 is 5.32 Å². The summed E-state index contributed by atoms with van der Waals surface area (Å²) < 4.78 is 1.91. The minimum absolute atomic E-state index is 0.677. The van der Waals surface area contributed by atoms with Crippen LogP contribution in [0.25, 0.3) is 0 Å². The molecule has 1 saturated heterocycles. The summed E-state index contributed by atoms with van der Waals surface area (Å²) in [6.45, 7) is 5.72. The molecule has 1 aromatic heterocycles. The van der Waals surface area contributed by atoms with Crippen LogP contribution in [0.2, 0.25) is 0 Å². The van der Waals surface area contributed by atoms with Gasteiger partial charge in [-0.2, -0.15) is 5.10 Å². The van der Waals surface area contributed by atoms with Crippen LogP contribution in [0.15, 0.2) is 12.4 Å². The topological polar surface area (TPSA) is 33.1 Å². The summed E-state index contributed by atoms with van der Waals surface area (Å²) in [6.07, 6.45) is 9.58. The van der Waals surface area contributed by atoms with Crippen LogP contribution in [0, 0.1) is 5.92 Å². The van der Waals surface area contributed by atoms with Crippen molar-refractivity contribution in [3.8, 4) is 0 Å². The van der Waals surface area contributed by atoms with E-state index in [4.69, 9.17) is 0 Å². The van der Waals surface area contributed by atoms with Crippen LogP contribution in [0.3, 0.4) is 0 Å². The summed E-state index contributed by atoms with van der Waals surface area (Å²) in [5.41, 5.74) is 1.35. The van der Waals surface area contributed by atoms with Gasteiger partial charge in [0.05, 0.1) is 6.20 Å². The highest BCUT2D eigenvalue weighted by Crippen LogP contribution is 2.37. The molecule has 106 valence electrons. The maximum Gasteiger partial charge on any atom is 0.0534 e. The number of nitrogens with one attached hydrogen (secondary N) is 1. The molecule has 0 radical (unpaired) electrons. The molecule has 1 aromatic rings. The van der Waals surface area contributed by atoms with Crippen LogP contribution in [0.1, 0.15) is 38.2 Å². The Bertz CT molecular complexity index is 410. The van der Waals surface area contributed by atoms with Gasteiger partial charge in [0.15, 0.2) is 0 Å². The maximum absolute atomic E-state index is 4.30. The molecule has 2 atom stereocenters. The summed E-state index contributed by atoms with van der Waals surface area (Å²) >= 11 is 0. The Morgan fingerprint density at radius 3 is 2.89 bits per heavy atom. The molecule has 1 aliphatic carbocycles. The molecule has 0 amide bonds. The number of hydrogen-bond acceptors (Lipinski definition) is 3. The van der Waals surface area contributed by atoms with Crippen molar-refractivity contribution < 1.29 is 0 Å². The zero-order chi connectivity index (χ0) is 13.2. The molecule has 2 heterocycles. The Hall–Kier alpha value is -0.870. The fraction of sp³-hybridized carbons (Fsp3) is 0.800. The average molecular weight is 262 g/mol. The smallest absolute Gasteiger partial charge is 0.0534 e. The van der Waals surface area contributed by atoms with E-state index in [-0.39, 0.29) is 0 Å². The van der Waals surface area contributed by atoms with Gasteiger partial charge in [-0.3, -0.25) is 9.58 Å². The zero-order valence-corrected chi connectivity index (χ0v) is 12.2. The molecular weight excluding hydrogens is 236 g/mol. The molecule has 1 aliphatic heterocycles. The summed E-state index contributed by atoms with van der Waals surface area (Å²) in [5, 5.41) is 8.05. The summed E-state index contributed by atoms with van der Waals surface area (Å²) in [7, 11) is 2.00. The molecular formula is C15H26N4. The van der Waals surface area contributed by atoms with E-state index in [0.29, 0.717) is 6.04 Å². The van der Waals surface area contributed by atoms with Crippen LogP contribution >= 0.6 is 0 Å². The molecule has 4 heteroatoms. The third-order valence-corrected chi connectivity index (χ3v) is 4.49. The van der Waals surface area contributed by atoms with Gasteiger partial charge in [-0.25, -0.2) is 0 Å². The van der Waals surface area contributed by atoms with E-state index in [1.54, 1.807) is 0 Å². The highest BCUT2D eigenvalue weighted by molar-refractivity contribution is 5.06. The van der Waals surface area contributed by atoms with E-state index < -0.39 is 0 Å². The normalized spacial score (nSPS) is 28.7. The van der Waals surface area contributed by atoms with Gasteiger partial charge in [-0.15, -0.1) is 0 Å². The van der Waals surface area contributed by atoms with Gasteiger partial charge in [-0.05, 0) is 25.2 Å². The number of hydrogen-bond donors (Lipinski definition) is 1. The number of aromatic nitrogens is 2. The van der Waals surface area contributed by atoms with Gasteiger partial charge in [-0.1, -0.05) is 13.3 Å². The molecule has 2 unspecified atom stereocenters. The van der Waals surface area contributed by atoms with Gasteiger partial charge in [0.25, 0.3) is 0 Å². The number of piperazine rings is 1.